The van der Waals surface area contributed by atoms with Gasteiger partial charge in [-0.25, -0.2) is 0 Å². The Bertz CT molecular complexity index is 517. The molecule has 1 aliphatic heterocycles. The second-order valence-corrected chi connectivity index (χ2v) is 5.88. The highest BCUT2D eigenvalue weighted by Gasteiger charge is 2.33. The molecule has 0 bridgehead atoms. The van der Waals surface area contributed by atoms with E-state index in [1.807, 2.05) is 37.3 Å². The first kappa shape index (κ1) is 17.7. The molecule has 5 heteroatoms. The Hall–Kier alpha value is -1.69. The fourth-order valence-electron chi connectivity index (χ4n) is 2.69. The fraction of sp³-hybridized carbons (Fsp3) is 0.500. The van der Waals surface area contributed by atoms with Crippen molar-refractivity contribution in [3.63, 3.8) is 0 Å². The first-order valence-electron chi connectivity index (χ1n) is 8.07. The number of hydrogen-bond acceptors (Lipinski definition) is 4. The predicted molar refractivity (Wildman–Crippen MR) is 88.7 cm³/mol. The van der Waals surface area contributed by atoms with Crippen LogP contribution in [-0.2, 0) is 9.53 Å². The average Bonchev–Trinajstić information content (AvgIpc) is 2.57. The van der Waals surface area contributed by atoms with Crippen molar-refractivity contribution < 1.29 is 19.7 Å². The Morgan fingerprint density at radius 1 is 1.30 bits per heavy atom. The summed E-state index contributed by atoms with van der Waals surface area (Å²) in [4.78, 5) is 14.1. The van der Waals surface area contributed by atoms with Crippen LogP contribution in [0.3, 0.4) is 0 Å². The summed E-state index contributed by atoms with van der Waals surface area (Å²) in [5.41, 5.74) is 0.966. The van der Waals surface area contributed by atoms with E-state index in [2.05, 4.69) is 0 Å². The van der Waals surface area contributed by atoms with E-state index in [4.69, 9.17) is 4.74 Å². The van der Waals surface area contributed by atoms with Crippen LogP contribution in [0.2, 0.25) is 0 Å². The Balaban J connectivity index is 1.99. The van der Waals surface area contributed by atoms with Crippen molar-refractivity contribution in [2.24, 2.45) is 5.92 Å². The Morgan fingerprint density at radius 3 is 2.74 bits per heavy atom. The van der Waals surface area contributed by atoms with Gasteiger partial charge in [0.2, 0.25) is 5.91 Å². The third kappa shape index (κ3) is 5.16. The minimum atomic E-state index is -0.882. The van der Waals surface area contributed by atoms with E-state index < -0.39 is 12.2 Å². The molecule has 0 saturated carbocycles. The molecule has 1 heterocycles. The van der Waals surface area contributed by atoms with Gasteiger partial charge in [-0.2, -0.15) is 0 Å². The molecule has 126 valence electrons. The molecule has 1 aliphatic rings. The van der Waals surface area contributed by atoms with Gasteiger partial charge in [-0.05, 0) is 18.1 Å². The topological polar surface area (TPSA) is 70.0 Å². The molecule has 0 radical (unpaired) electrons. The lowest BCUT2D eigenvalue weighted by atomic mass is 9.96. The summed E-state index contributed by atoms with van der Waals surface area (Å²) < 4.78 is 5.29. The standard InChI is InChI=1S/C18H25NO4/c1-2-10-19(11-15-12-23-13-16(20)18(15)22)17(21)9-8-14-6-4-3-5-7-14/h3-9,15-16,18,20,22H,2,10-13H2,1H3/t15-,16-,18+/m1/s1. The van der Waals surface area contributed by atoms with Gasteiger partial charge >= 0.3 is 0 Å². The van der Waals surface area contributed by atoms with Crippen molar-refractivity contribution in [3.05, 3.63) is 42.0 Å². The van der Waals surface area contributed by atoms with Gasteiger partial charge in [0.1, 0.15) is 6.10 Å². The first-order chi connectivity index (χ1) is 11.1. The van der Waals surface area contributed by atoms with Gasteiger partial charge in [0.25, 0.3) is 0 Å². The number of carbonyl (C=O) groups is 1. The van der Waals surface area contributed by atoms with E-state index in [-0.39, 0.29) is 18.4 Å². The third-order valence-electron chi connectivity index (χ3n) is 3.98. The molecule has 2 rings (SSSR count). The van der Waals surface area contributed by atoms with Gasteiger partial charge in [0.15, 0.2) is 0 Å². The number of ether oxygens (including phenoxy) is 1. The second-order valence-electron chi connectivity index (χ2n) is 5.88. The zero-order valence-corrected chi connectivity index (χ0v) is 13.5. The van der Waals surface area contributed by atoms with Gasteiger partial charge in [-0.1, -0.05) is 37.3 Å². The minimum absolute atomic E-state index is 0.0945. The van der Waals surface area contributed by atoms with E-state index in [1.165, 1.54) is 0 Å². The zero-order valence-electron chi connectivity index (χ0n) is 13.5. The largest absolute Gasteiger partial charge is 0.390 e. The number of amides is 1. The van der Waals surface area contributed by atoms with E-state index in [1.54, 1.807) is 17.1 Å². The van der Waals surface area contributed by atoms with Gasteiger partial charge in [-0.15, -0.1) is 0 Å². The van der Waals surface area contributed by atoms with E-state index in [0.29, 0.717) is 19.7 Å². The van der Waals surface area contributed by atoms with Crippen LogP contribution in [0.25, 0.3) is 6.08 Å². The molecule has 3 atom stereocenters. The van der Waals surface area contributed by atoms with Crippen molar-refractivity contribution in [2.75, 3.05) is 26.3 Å². The van der Waals surface area contributed by atoms with Crippen LogP contribution < -0.4 is 0 Å². The van der Waals surface area contributed by atoms with Crippen LogP contribution in [0.1, 0.15) is 18.9 Å². The molecule has 1 amide bonds. The molecule has 0 spiro atoms. The number of rotatable bonds is 6. The van der Waals surface area contributed by atoms with Crippen molar-refractivity contribution in [1.82, 2.24) is 4.90 Å². The smallest absolute Gasteiger partial charge is 0.246 e. The van der Waals surface area contributed by atoms with Gasteiger partial charge in [-0.3, -0.25) is 4.79 Å². The lowest BCUT2D eigenvalue weighted by molar-refractivity contribution is -0.138. The zero-order chi connectivity index (χ0) is 16.7. The molecule has 1 fully saturated rings. The van der Waals surface area contributed by atoms with Gasteiger partial charge < -0.3 is 19.8 Å². The summed E-state index contributed by atoms with van der Waals surface area (Å²) in [5, 5.41) is 19.7. The molecule has 23 heavy (non-hydrogen) atoms. The highest BCUT2D eigenvalue weighted by Crippen LogP contribution is 2.17. The normalized spacial score (nSPS) is 24.7. The van der Waals surface area contributed by atoms with Gasteiger partial charge in [0.05, 0.1) is 19.3 Å². The molecule has 5 nitrogen and oxygen atoms in total. The quantitative estimate of drug-likeness (QED) is 0.776. The highest BCUT2D eigenvalue weighted by molar-refractivity contribution is 5.91. The van der Waals surface area contributed by atoms with Crippen LogP contribution in [0.4, 0.5) is 0 Å². The molecule has 0 aromatic heterocycles. The number of aliphatic hydroxyl groups is 2. The van der Waals surface area contributed by atoms with Crippen LogP contribution in [-0.4, -0.2) is 59.5 Å². The predicted octanol–water partition coefficient (Wildman–Crippen LogP) is 1.31. The van der Waals surface area contributed by atoms with E-state index in [0.717, 1.165) is 12.0 Å². The summed E-state index contributed by atoms with van der Waals surface area (Å²) in [6.07, 6.45) is 2.43. The van der Waals surface area contributed by atoms with Crippen LogP contribution in [0.5, 0.6) is 0 Å². The molecule has 1 aromatic carbocycles. The van der Waals surface area contributed by atoms with Crippen LogP contribution in [0.15, 0.2) is 36.4 Å². The lowest BCUT2D eigenvalue weighted by Gasteiger charge is -2.35. The second kappa shape index (κ2) is 8.82. The molecule has 0 aliphatic carbocycles. The number of carbonyl (C=O) groups excluding carboxylic acids is 1. The molecule has 1 saturated heterocycles. The maximum Gasteiger partial charge on any atom is 0.246 e. The summed E-state index contributed by atoms with van der Waals surface area (Å²) in [7, 11) is 0. The van der Waals surface area contributed by atoms with Crippen molar-refractivity contribution >= 4 is 12.0 Å². The molecular weight excluding hydrogens is 294 g/mol. The Morgan fingerprint density at radius 2 is 2.04 bits per heavy atom. The maximum atomic E-state index is 12.4. The number of hydrogen-bond donors (Lipinski definition) is 2. The van der Waals surface area contributed by atoms with Crippen LogP contribution in [0, 0.1) is 5.92 Å². The molecular formula is C18H25NO4. The van der Waals surface area contributed by atoms with Gasteiger partial charge in [0, 0.05) is 25.1 Å². The average molecular weight is 319 g/mol. The molecule has 0 unspecified atom stereocenters. The molecule has 2 N–H and O–H groups in total. The third-order valence-corrected chi connectivity index (χ3v) is 3.98. The Labute approximate surface area is 137 Å². The van der Waals surface area contributed by atoms with Crippen molar-refractivity contribution in [3.8, 4) is 0 Å². The number of nitrogens with zero attached hydrogens (tertiary/aromatic N) is 1. The van der Waals surface area contributed by atoms with E-state index in [9.17, 15) is 15.0 Å². The first-order valence-corrected chi connectivity index (χ1v) is 8.07. The molecule has 1 aromatic rings. The SMILES string of the molecule is CCCN(C[C@@H]1COC[C@@H](O)[C@H]1O)C(=O)C=Cc1ccccc1. The number of benzene rings is 1. The monoisotopic (exact) mass is 319 g/mol. The van der Waals surface area contributed by atoms with Crippen molar-refractivity contribution in [2.45, 2.75) is 25.6 Å². The summed E-state index contributed by atoms with van der Waals surface area (Å²) in [6.45, 7) is 3.49. The lowest BCUT2D eigenvalue weighted by Crippen LogP contribution is -2.49. The van der Waals surface area contributed by atoms with E-state index >= 15 is 0 Å². The van der Waals surface area contributed by atoms with Crippen molar-refractivity contribution in [1.29, 1.82) is 0 Å². The minimum Gasteiger partial charge on any atom is -0.390 e. The number of aliphatic hydroxyl groups excluding tert-OH is 2. The highest BCUT2D eigenvalue weighted by atomic mass is 16.5. The van der Waals surface area contributed by atoms with Crippen LogP contribution >= 0.6 is 0 Å². The summed E-state index contributed by atoms with van der Waals surface area (Å²) in [6, 6.07) is 9.64. The summed E-state index contributed by atoms with van der Waals surface area (Å²) in [5.74, 6) is -0.359. The fourth-order valence-corrected chi connectivity index (χ4v) is 2.69. The Kier molecular flexibility index (Phi) is 6.77. The maximum absolute atomic E-state index is 12.4. The summed E-state index contributed by atoms with van der Waals surface area (Å²) >= 11 is 0.